The number of rotatable bonds is 12. The molecule has 2 amide bonds. The van der Waals surface area contributed by atoms with Gasteiger partial charge in [-0.1, -0.05) is 75.2 Å². The molecule has 19 heteroatoms. The molecule has 16 atom stereocenters. The molecule has 0 aromatic carbocycles. The van der Waals surface area contributed by atoms with E-state index in [1.807, 2.05) is 19.1 Å². The van der Waals surface area contributed by atoms with E-state index in [0.717, 1.165) is 12.5 Å². The lowest BCUT2D eigenvalue weighted by atomic mass is 9.61. The third-order valence-corrected chi connectivity index (χ3v) is 14.3. The van der Waals surface area contributed by atoms with Gasteiger partial charge in [0.05, 0.1) is 28.4 Å². The van der Waals surface area contributed by atoms with E-state index >= 15 is 0 Å². The molecule has 16 unspecified atom stereocenters. The highest BCUT2D eigenvalue weighted by Gasteiger charge is 2.59. The summed E-state index contributed by atoms with van der Waals surface area (Å²) in [4.78, 5) is 70.7. The number of nitrogens with zero attached hydrogens (tertiary/aromatic N) is 1. The van der Waals surface area contributed by atoms with Crippen LogP contribution in [-0.2, 0) is 42.8 Å². The number of carbonyl (C=O) groups is 5. The van der Waals surface area contributed by atoms with Gasteiger partial charge in [-0.3, -0.25) is 24.1 Å². The Morgan fingerprint density at radius 2 is 1.75 bits per heavy atom. The number of methoxy groups -OCH3 is 1. The largest absolute Gasteiger partial charge is 0.511 e. The Balaban J connectivity index is 1.28. The fraction of sp³-hybridized carbons (Fsp3) is 0.659. The molecule has 4 fully saturated rings. The van der Waals surface area contributed by atoms with E-state index in [9.17, 15) is 39.3 Å². The first-order valence-electron chi connectivity index (χ1n) is 21.3. The number of hydrogen-bond donors (Lipinski definition) is 5. The number of esters is 1. The van der Waals surface area contributed by atoms with Crippen molar-refractivity contribution in [3.8, 4) is 0 Å². The fourth-order valence-corrected chi connectivity index (χ4v) is 10.7. The summed E-state index contributed by atoms with van der Waals surface area (Å²) in [6.07, 6.45) is -5.20. The highest BCUT2D eigenvalue weighted by Crippen LogP contribution is 2.51. The maximum absolute atomic E-state index is 14.8. The highest BCUT2D eigenvalue weighted by molar-refractivity contribution is 6.44. The van der Waals surface area contributed by atoms with Crippen LogP contribution in [0.3, 0.4) is 0 Å². The Bertz CT molecular complexity index is 2040. The van der Waals surface area contributed by atoms with E-state index in [1.54, 1.807) is 27.7 Å². The lowest BCUT2D eigenvalue weighted by Gasteiger charge is -2.50. The van der Waals surface area contributed by atoms with Gasteiger partial charge in [-0.15, -0.1) is 0 Å². The van der Waals surface area contributed by atoms with Crippen LogP contribution in [0.5, 0.6) is 0 Å². The molecule has 0 radical (unpaired) electrons. The minimum Gasteiger partial charge on any atom is -0.511 e. The van der Waals surface area contributed by atoms with Gasteiger partial charge in [0, 0.05) is 44.9 Å². The third kappa shape index (κ3) is 9.09. The zero-order valence-corrected chi connectivity index (χ0v) is 38.1. The van der Waals surface area contributed by atoms with Crippen LogP contribution in [0.1, 0.15) is 84.6 Å². The van der Waals surface area contributed by atoms with Crippen molar-refractivity contribution in [3.05, 3.63) is 57.6 Å². The van der Waals surface area contributed by atoms with Crippen molar-refractivity contribution in [1.29, 1.82) is 0 Å². The topological polar surface area (TPSA) is 246 Å². The monoisotopic (exact) mass is 923 g/mol. The maximum atomic E-state index is 14.8. The molecule has 2 aliphatic carbocycles. The predicted molar refractivity (Wildman–Crippen MR) is 226 cm³/mol. The molecular weight excluding hydrogens is 865 g/mol. The Labute approximate surface area is 376 Å². The van der Waals surface area contributed by atoms with Crippen molar-refractivity contribution < 1.29 is 67.7 Å². The number of nitrogens with two attached hydrogens (primary N) is 1. The van der Waals surface area contributed by atoms with Gasteiger partial charge in [-0.25, -0.2) is 4.79 Å². The van der Waals surface area contributed by atoms with Crippen LogP contribution in [0.2, 0.25) is 10.0 Å². The summed E-state index contributed by atoms with van der Waals surface area (Å²) >= 11 is 12.3. The minimum atomic E-state index is -1.81. The predicted octanol–water partition coefficient (Wildman–Crippen LogP) is 4.95. The van der Waals surface area contributed by atoms with Gasteiger partial charge in [-0.05, 0) is 50.4 Å². The molecule has 6 N–H and O–H groups in total. The number of amides is 2. The number of aromatic amines is 1. The second-order valence-electron chi connectivity index (χ2n) is 17.9. The number of aliphatic hydroxyl groups is 3. The molecule has 1 saturated carbocycles. The Morgan fingerprint density at radius 1 is 1.06 bits per heavy atom. The first-order valence-corrected chi connectivity index (χ1v) is 22.0. The number of H-pyrrole nitrogens is 1. The van der Waals surface area contributed by atoms with Crippen molar-refractivity contribution in [3.63, 3.8) is 0 Å². The van der Waals surface area contributed by atoms with Gasteiger partial charge in [0.15, 0.2) is 36.3 Å². The number of Topliss-reactive ketones (excluding diaryl/α,β-unsaturated/α-hetero) is 2. The quantitative estimate of drug-likeness (QED) is 0.0465. The molecule has 4 heterocycles. The summed E-state index contributed by atoms with van der Waals surface area (Å²) in [5.41, 5.74) is 3.98. The zero-order chi connectivity index (χ0) is 46.6. The number of aromatic nitrogens is 1. The van der Waals surface area contributed by atoms with E-state index in [0.29, 0.717) is 12.8 Å². The summed E-state index contributed by atoms with van der Waals surface area (Å²) in [5.74, 6) is -6.40. The SMILES string of the molecule is C=C1CCC(OC2CC(O)(C(C)CC(=O)c3[nH]cc(Cl)c3Cl)C(O)C(C)O2)C2C=CC(C)C(/C(O)=C3\C(=O)C(C(C)C)N(C4OC(C)C(OC(N)=O)C(OC(C)=O)C4OC)C3=O)C12. The number of primary amides is 1. The standard InChI is InChI=1S/C44H59Cl2N3O14/c1-17(2)34-36(53)31(41(55)49(34)42-39(58-9)38(61-23(8)50)37(21(6)60-42)63-43(47)56)35(52)30-19(4)10-12-24-27(13-11-18(3)29(24)30)62-28-15-44(57,40(54)22(7)59-28)20(5)14-26(51)33-32(46)25(45)16-48-33/h10,12,16-17,19-22,24,27-30,34,37-40,42,48,52,54,57H,3,11,13-15H2,1-2,4-9H3,(H2,47,56)/b35-31-. The number of aliphatic hydroxyl groups excluding tert-OH is 2. The van der Waals surface area contributed by atoms with E-state index in [2.05, 4.69) is 11.6 Å². The van der Waals surface area contributed by atoms with E-state index in [1.165, 1.54) is 25.1 Å². The number of nitrogens with one attached hydrogen (secondary N) is 1. The van der Waals surface area contributed by atoms with Crippen LogP contribution in [0, 0.1) is 35.5 Å². The maximum Gasteiger partial charge on any atom is 0.405 e. The van der Waals surface area contributed by atoms with Crippen LogP contribution in [0.4, 0.5) is 4.79 Å². The molecule has 5 aliphatic rings. The van der Waals surface area contributed by atoms with Crippen LogP contribution >= 0.6 is 23.2 Å². The Hall–Kier alpha value is -3.81. The van der Waals surface area contributed by atoms with E-state index in [4.69, 9.17) is 57.4 Å². The van der Waals surface area contributed by atoms with Crippen molar-refractivity contribution in [2.45, 2.75) is 141 Å². The molecule has 3 saturated heterocycles. The number of ketones is 2. The lowest BCUT2D eigenvalue weighted by Crippen LogP contribution is -2.66. The number of likely N-dealkylation sites (tertiary alicyclic amines) is 1. The summed E-state index contributed by atoms with van der Waals surface area (Å²) < 4.78 is 35.6. The van der Waals surface area contributed by atoms with Gasteiger partial charge < -0.3 is 54.5 Å². The molecule has 3 aliphatic heterocycles. The number of hydrogen-bond acceptors (Lipinski definition) is 14. The van der Waals surface area contributed by atoms with E-state index < -0.39 is 137 Å². The molecule has 6 rings (SSSR count). The number of halogens is 2. The highest BCUT2D eigenvalue weighted by atomic mass is 35.5. The van der Waals surface area contributed by atoms with Crippen molar-refractivity contribution >= 4 is 52.7 Å². The zero-order valence-electron chi connectivity index (χ0n) is 36.6. The first-order chi connectivity index (χ1) is 29.5. The normalized spacial score (nSPS) is 38.4. The molecule has 1 aromatic rings. The van der Waals surface area contributed by atoms with Crippen molar-refractivity contribution in [2.24, 2.45) is 41.2 Å². The second-order valence-corrected chi connectivity index (χ2v) is 18.7. The van der Waals surface area contributed by atoms with Crippen LogP contribution in [-0.4, -0.2) is 129 Å². The van der Waals surface area contributed by atoms with Crippen molar-refractivity contribution in [1.82, 2.24) is 9.88 Å². The summed E-state index contributed by atoms with van der Waals surface area (Å²) in [7, 11) is 1.29. The molecule has 0 spiro atoms. The number of ether oxygens (including phenoxy) is 6. The van der Waals surface area contributed by atoms with Crippen LogP contribution < -0.4 is 5.73 Å². The van der Waals surface area contributed by atoms with Gasteiger partial charge in [0.1, 0.15) is 40.9 Å². The van der Waals surface area contributed by atoms with Crippen LogP contribution in [0.15, 0.2) is 41.8 Å². The number of fused-ring (bicyclic) bond motifs is 1. The average molecular weight is 925 g/mol. The first kappa shape index (κ1) is 48.6. The van der Waals surface area contributed by atoms with Crippen LogP contribution in [0.25, 0.3) is 0 Å². The molecule has 0 bridgehead atoms. The summed E-state index contributed by atoms with van der Waals surface area (Å²) in [5, 5.41) is 35.9. The van der Waals surface area contributed by atoms with E-state index in [-0.39, 0.29) is 34.5 Å². The van der Waals surface area contributed by atoms with Gasteiger partial charge in [0.25, 0.3) is 5.91 Å². The van der Waals surface area contributed by atoms with Crippen molar-refractivity contribution in [2.75, 3.05) is 7.11 Å². The fourth-order valence-electron chi connectivity index (χ4n) is 10.3. The third-order valence-electron chi connectivity index (χ3n) is 13.5. The lowest BCUT2D eigenvalue weighted by molar-refractivity contribution is -0.301. The Kier molecular flexibility index (Phi) is 14.6. The second kappa shape index (κ2) is 19.0. The number of carbonyl (C=O) groups excluding carboxylic acids is 5. The molecule has 1 aromatic heterocycles. The summed E-state index contributed by atoms with van der Waals surface area (Å²) in [6.45, 7) is 15.7. The molecular formula is C44H59Cl2N3O14. The van der Waals surface area contributed by atoms with Gasteiger partial charge >= 0.3 is 12.1 Å². The Morgan fingerprint density at radius 3 is 2.33 bits per heavy atom. The number of allylic oxidation sites excluding steroid dienone is 3. The average Bonchev–Trinajstić information content (AvgIpc) is 3.68. The molecule has 17 nitrogen and oxygen atoms in total. The summed E-state index contributed by atoms with van der Waals surface area (Å²) in [6, 6.07) is -1.14. The van der Waals surface area contributed by atoms with Gasteiger partial charge in [-0.2, -0.15) is 0 Å². The molecule has 348 valence electrons. The molecule has 63 heavy (non-hydrogen) atoms. The smallest absolute Gasteiger partial charge is 0.405 e. The van der Waals surface area contributed by atoms with Gasteiger partial charge in [0.2, 0.25) is 0 Å². The minimum absolute atomic E-state index is 0.0684.